The lowest BCUT2D eigenvalue weighted by molar-refractivity contribution is -0.384. The van der Waals surface area contributed by atoms with Gasteiger partial charge < -0.3 is 15.3 Å². The largest absolute Gasteiger partial charge is 0.465 e. The van der Waals surface area contributed by atoms with Crippen molar-refractivity contribution < 1.29 is 14.8 Å². The van der Waals surface area contributed by atoms with E-state index in [0.717, 1.165) is 10.9 Å². The number of piperidine rings is 1. The Morgan fingerprint density at radius 2 is 2.29 bits per heavy atom. The van der Waals surface area contributed by atoms with Gasteiger partial charge in [-0.3, -0.25) is 10.1 Å². The second-order valence-corrected chi connectivity index (χ2v) is 6.56. The van der Waals surface area contributed by atoms with Crippen LogP contribution in [0.25, 0.3) is 10.9 Å². The molecule has 2 aromatic rings. The van der Waals surface area contributed by atoms with Crippen LogP contribution in [0, 0.1) is 10.1 Å². The summed E-state index contributed by atoms with van der Waals surface area (Å²) >= 11 is 3.37. The van der Waals surface area contributed by atoms with E-state index < -0.39 is 11.0 Å². The topological polar surface area (TPSA) is 109 Å². The first-order chi connectivity index (χ1) is 11.5. The van der Waals surface area contributed by atoms with Gasteiger partial charge in [0.2, 0.25) is 0 Å². The minimum Gasteiger partial charge on any atom is -0.465 e. The molecule has 3 rings (SSSR count). The lowest BCUT2D eigenvalue weighted by atomic mass is 10.0. The van der Waals surface area contributed by atoms with Crippen LogP contribution >= 0.6 is 15.9 Å². The van der Waals surface area contributed by atoms with Crippen molar-refractivity contribution in [1.29, 1.82) is 0 Å². The van der Waals surface area contributed by atoms with E-state index in [9.17, 15) is 14.9 Å². The van der Waals surface area contributed by atoms with E-state index in [-0.39, 0.29) is 11.7 Å². The molecule has 9 heteroatoms. The van der Waals surface area contributed by atoms with Gasteiger partial charge in [-0.2, -0.15) is 0 Å². The van der Waals surface area contributed by atoms with Crippen molar-refractivity contribution in [2.45, 2.75) is 18.9 Å². The number of benzene rings is 1. The van der Waals surface area contributed by atoms with Crippen LogP contribution in [0.4, 0.5) is 16.2 Å². The van der Waals surface area contributed by atoms with Crippen LogP contribution in [-0.4, -0.2) is 45.1 Å². The summed E-state index contributed by atoms with van der Waals surface area (Å²) in [5.41, 5.74) is 0.897. The van der Waals surface area contributed by atoms with Crippen molar-refractivity contribution in [2.24, 2.45) is 0 Å². The summed E-state index contributed by atoms with van der Waals surface area (Å²) in [5, 5.41) is 24.3. The fourth-order valence-corrected chi connectivity index (χ4v) is 3.28. The van der Waals surface area contributed by atoms with Crippen LogP contribution in [0.1, 0.15) is 12.8 Å². The van der Waals surface area contributed by atoms with Gasteiger partial charge in [0.25, 0.3) is 0 Å². The zero-order chi connectivity index (χ0) is 17.3. The third kappa shape index (κ3) is 3.25. The fraction of sp³-hybridized carbons (Fsp3) is 0.333. The molecule has 0 bridgehead atoms. The predicted octanol–water partition coefficient (Wildman–Crippen LogP) is 3.46. The molecule has 1 unspecified atom stereocenters. The van der Waals surface area contributed by atoms with E-state index in [1.54, 1.807) is 12.1 Å². The number of aromatic nitrogens is 1. The average Bonchev–Trinajstić information content (AvgIpc) is 2.55. The van der Waals surface area contributed by atoms with E-state index >= 15 is 0 Å². The summed E-state index contributed by atoms with van der Waals surface area (Å²) in [4.78, 5) is 27.5. The number of carbonyl (C=O) groups is 1. The maximum Gasteiger partial charge on any atom is 0.407 e. The number of nitrogens with one attached hydrogen (secondary N) is 1. The van der Waals surface area contributed by atoms with Crippen LogP contribution in [0.15, 0.2) is 28.9 Å². The molecule has 0 aliphatic carbocycles. The third-order valence-electron chi connectivity index (χ3n) is 4.05. The summed E-state index contributed by atoms with van der Waals surface area (Å²) in [5.74, 6) is 0. The molecule has 1 aromatic heterocycles. The summed E-state index contributed by atoms with van der Waals surface area (Å²) in [6.45, 7) is 0.780. The Morgan fingerprint density at radius 1 is 1.50 bits per heavy atom. The summed E-state index contributed by atoms with van der Waals surface area (Å²) in [6.07, 6.45) is 1.72. The number of nitro groups is 1. The maximum atomic E-state index is 11.4. The second kappa shape index (κ2) is 6.60. The Bertz CT molecular complexity index is 813. The fourth-order valence-electron chi connectivity index (χ4n) is 2.92. The molecular formula is C15H15BrN4O4. The number of nitrogens with zero attached hydrogens (tertiary/aromatic N) is 3. The van der Waals surface area contributed by atoms with Gasteiger partial charge in [-0.1, -0.05) is 15.9 Å². The molecule has 0 radical (unpaired) electrons. The predicted molar refractivity (Wildman–Crippen MR) is 92.3 cm³/mol. The van der Waals surface area contributed by atoms with Crippen molar-refractivity contribution in [2.75, 3.05) is 18.4 Å². The molecule has 24 heavy (non-hydrogen) atoms. The minimum absolute atomic E-state index is 0.118. The SMILES string of the molecule is O=C(O)N1CCCC(Nc2c([N+](=O)[O-])cnc3ccc(Br)cc23)C1. The number of likely N-dealkylation sites (tertiary alicyclic amines) is 1. The molecule has 1 fully saturated rings. The lowest BCUT2D eigenvalue weighted by Gasteiger charge is -2.31. The highest BCUT2D eigenvalue weighted by atomic mass is 79.9. The number of hydrogen-bond donors (Lipinski definition) is 2. The number of carboxylic acid groups (broad SMARTS) is 1. The Kier molecular flexibility index (Phi) is 4.52. The normalized spacial score (nSPS) is 17.7. The monoisotopic (exact) mass is 394 g/mol. The molecule has 0 spiro atoms. The highest BCUT2D eigenvalue weighted by Crippen LogP contribution is 2.34. The molecule has 1 amide bonds. The molecule has 1 aromatic carbocycles. The first-order valence-electron chi connectivity index (χ1n) is 7.43. The number of amides is 1. The van der Waals surface area contributed by atoms with Gasteiger partial charge in [0.15, 0.2) is 0 Å². The Labute approximate surface area is 145 Å². The average molecular weight is 395 g/mol. The molecular weight excluding hydrogens is 380 g/mol. The highest BCUT2D eigenvalue weighted by molar-refractivity contribution is 9.10. The zero-order valence-electron chi connectivity index (χ0n) is 12.6. The van der Waals surface area contributed by atoms with Crippen molar-refractivity contribution in [1.82, 2.24) is 9.88 Å². The standard InChI is InChI=1S/C15H15BrN4O4/c16-9-3-4-12-11(6-9)14(13(7-17-12)20(23)24)18-10-2-1-5-19(8-10)15(21)22/h3-4,6-7,10H,1-2,5,8H2,(H,17,18)(H,21,22). The lowest BCUT2D eigenvalue weighted by Crippen LogP contribution is -2.44. The van der Waals surface area contributed by atoms with Crippen molar-refractivity contribution >= 4 is 44.3 Å². The third-order valence-corrected chi connectivity index (χ3v) is 4.54. The van der Waals surface area contributed by atoms with E-state index in [0.29, 0.717) is 36.1 Å². The number of rotatable bonds is 3. The van der Waals surface area contributed by atoms with Gasteiger partial charge in [0.05, 0.1) is 10.4 Å². The first-order valence-corrected chi connectivity index (χ1v) is 8.22. The minimum atomic E-state index is -0.974. The van der Waals surface area contributed by atoms with Gasteiger partial charge in [0, 0.05) is 29.0 Å². The van der Waals surface area contributed by atoms with Crippen molar-refractivity contribution in [3.63, 3.8) is 0 Å². The van der Waals surface area contributed by atoms with Crippen molar-refractivity contribution in [3.05, 3.63) is 39.0 Å². The molecule has 2 N–H and O–H groups in total. The molecule has 0 saturated carbocycles. The molecule has 2 heterocycles. The van der Waals surface area contributed by atoms with Crippen LogP contribution in [0.2, 0.25) is 0 Å². The van der Waals surface area contributed by atoms with Crippen LogP contribution in [0.5, 0.6) is 0 Å². The molecule has 1 saturated heterocycles. The van der Waals surface area contributed by atoms with Crippen LogP contribution < -0.4 is 5.32 Å². The smallest absolute Gasteiger partial charge is 0.407 e. The molecule has 1 aliphatic heterocycles. The van der Waals surface area contributed by atoms with Crippen LogP contribution in [0.3, 0.4) is 0 Å². The van der Waals surface area contributed by atoms with Gasteiger partial charge in [0.1, 0.15) is 11.9 Å². The molecule has 126 valence electrons. The Balaban J connectivity index is 2.00. The second-order valence-electron chi connectivity index (χ2n) is 5.65. The number of fused-ring (bicyclic) bond motifs is 1. The Hall–Kier alpha value is -2.42. The number of anilines is 1. The number of pyridine rings is 1. The summed E-state index contributed by atoms with van der Waals surface area (Å²) in [6, 6.07) is 5.18. The van der Waals surface area contributed by atoms with Crippen molar-refractivity contribution in [3.8, 4) is 0 Å². The molecule has 8 nitrogen and oxygen atoms in total. The number of halogens is 1. The number of hydrogen-bond acceptors (Lipinski definition) is 5. The van der Waals surface area contributed by atoms with Gasteiger partial charge >= 0.3 is 11.8 Å². The maximum absolute atomic E-state index is 11.4. The molecule has 1 aliphatic rings. The highest BCUT2D eigenvalue weighted by Gasteiger charge is 2.26. The quantitative estimate of drug-likeness (QED) is 0.609. The molecule has 1 atom stereocenters. The van der Waals surface area contributed by atoms with E-state index in [2.05, 4.69) is 26.2 Å². The summed E-state index contributed by atoms with van der Waals surface area (Å²) in [7, 11) is 0. The first kappa shape index (κ1) is 16.4. The summed E-state index contributed by atoms with van der Waals surface area (Å²) < 4.78 is 0.788. The van der Waals surface area contributed by atoms with Gasteiger partial charge in [-0.15, -0.1) is 0 Å². The zero-order valence-corrected chi connectivity index (χ0v) is 14.2. The Morgan fingerprint density at radius 3 is 3.00 bits per heavy atom. The van der Waals surface area contributed by atoms with E-state index in [1.807, 2.05) is 6.07 Å². The van der Waals surface area contributed by atoms with Gasteiger partial charge in [-0.05, 0) is 31.0 Å². The van der Waals surface area contributed by atoms with E-state index in [4.69, 9.17) is 5.11 Å². The van der Waals surface area contributed by atoms with E-state index in [1.165, 1.54) is 11.1 Å². The van der Waals surface area contributed by atoms with Gasteiger partial charge in [-0.25, -0.2) is 9.78 Å². The van der Waals surface area contributed by atoms with Crippen LogP contribution in [-0.2, 0) is 0 Å².